The lowest BCUT2D eigenvalue weighted by atomic mass is 9.65. The number of esters is 4. The predicted octanol–water partition coefficient (Wildman–Crippen LogP) is 8.39. The van der Waals surface area contributed by atoms with Crippen LogP contribution in [0.5, 0.6) is 0 Å². The van der Waals surface area contributed by atoms with E-state index in [2.05, 4.69) is 64.2 Å². The second kappa shape index (κ2) is 20.8. The summed E-state index contributed by atoms with van der Waals surface area (Å²) in [6, 6.07) is 0. The lowest BCUT2D eigenvalue weighted by Gasteiger charge is -2.43. The summed E-state index contributed by atoms with van der Waals surface area (Å²) in [6.07, 6.45) is 15.4. The minimum absolute atomic E-state index is 0.0241. The number of cyclic esters (lactones) is 1. The van der Waals surface area contributed by atoms with Gasteiger partial charge in [0.1, 0.15) is 24.4 Å². The summed E-state index contributed by atoms with van der Waals surface area (Å²) in [7, 11) is 0. The summed E-state index contributed by atoms with van der Waals surface area (Å²) in [5, 5.41) is 21.9. The average molecular weight is 809 g/mol. The maximum Gasteiger partial charge on any atom is 0.309 e. The molecule has 0 spiro atoms. The van der Waals surface area contributed by atoms with Gasteiger partial charge in [0.15, 0.2) is 0 Å². The van der Waals surface area contributed by atoms with E-state index in [9.17, 15) is 29.4 Å². The zero-order valence-electron chi connectivity index (χ0n) is 36.3. The molecule has 0 aromatic heterocycles. The predicted molar refractivity (Wildman–Crippen MR) is 222 cm³/mol. The first-order valence-electron chi connectivity index (χ1n) is 22.5. The fourth-order valence-electron chi connectivity index (χ4n) is 10.1. The maximum absolute atomic E-state index is 13.0. The van der Waals surface area contributed by atoms with Crippen molar-refractivity contribution in [1.29, 1.82) is 0 Å². The summed E-state index contributed by atoms with van der Waals surface area (Å²) in [5.41, 5.74) is 2.40. The lowest BCUT2D eigenvalue weighted by Crippen LogP contribution is -2.42. The van der Waals surface area contributed by atoms with Crippen LogP contribution in [0.3, 0.4) is 0 Å². The van der Waals surface area contributed by atoms with Gasteiger partial charge in [-0.15, -0.1) is 0 Å². The smallest absolute Gasteiger partial charge is 0.309 e. The van der Waals surface area contributed by atoms with Gasteiger partial charge < -0.3 is 29.2 Å². The lowest BCUT2D eigenvalue weighted by molar-refractivity contribution is -0.171. The average Bonchev–Trinajstić information content (AvgIpc) is 3.16. The summed E-state index contributed by atoms with van der Waals surface area (Å²) in [4.78, 5) is 51.5. The van der Waals surface area contributed by atoms with Crippen LogP contribution in [0.4, 0.5) is 0 Å². The van der Waals surface area contributed by atoms with Gasteiger partial charge in [-0.3, -0.25) is 19.2 Å². The fourth-order valence-corrected chi connectivity index (χ4v) is 10.1. The van der Waals surface area contributed by atoms with Crippen LogP contribution in [0, 0.1) is 59.2 Å². The van der Waals surface area contributed by atoms with E-state index in [4.69, 9.17) is 18.9 Å². The third-order valence-corrected chi connectivity index (χ3v) is 13.9. The van der Waals surface area contributed by atoms with Crippen molar-refractivity contribution in [1.82, 2.24) is 0 Å². The van der Waals surface area contributed by atoms with Crippen LogP contribution >= 0.6 is 0 Å². The van der Waals surface area contributed by atoms with Crippen molar-refractivity contribution in [3.05, 3.63) is 47.6 Å². The molecule has 0 saturated carbocycles. The molecule has 1 saturated heterocycles. The van der Waals surface area contributed by atoms with Gasteiger partial charge >= 0.3 is 23.9 Å². The maximum atomic E-state index is 13.0. The number of aliphatic hydroxyl groups excluding tert-OH is 2. The molecule has 5 aliphatic rings. The number of ether oxygens (including phenoxy) is 4. The van der Waals surface area contributed by atoms with Gasteiger partial charge in [-0.25, -0.2) is 0 Å². The molecule has 1 aliphatic heterocycles. The van der Waals surface area contributed by atoms with E-state index >= 15 is 0 Å². The Labute approximate surface area is 347 Å². The molecule has 4 aliphatic carbocycles. The number of aliphatic hydroxyl groups is 2. The van der Waals surface area contributed by atoms with E-state index in [0.29, 0.717) is 37.5 Å². The quantitative estimate of drug-likeness (QED) is 0.109. The minimum Gasteiger partial charge on any atom is -0.462 e. The van der Waals surface area contributed by atoms with E-state index in [1.54, 1.807) is 0 Å². The van der Waals surface area contributed by atoms with Crippen molar-refractivity contribution in [3.8, 4) is 0 Å². The molecular formula is C48H72O10. The molecule has 58 heavy (non-hydrogen) atoms. The third kappa shape index (κ3) is 11.9. The van der Waals surface area contributed by atoms with Crippen LogP contribution in [0.2, 0.25) is 0 Å². The van der Waals surface area contributed by atoms with Crippen molar-refractivity contribution in [2.24, 2.45) is 59.2 Å². The number of carbonyl (C=O) groups excluding carboxylic acids is 4. The van der Waals surface area contributed by atoms with Crippen LogP contribution < -0.4 is 0 Å². The Morgan fingerprint density at radius 3 is 1.78 bits per heavy atom. The summed E-state index contributed by atoms with van der Waals surface area (Å²) in [6.45, 7) is 16.4. The Kier molecular flexibility index (Phi) is 16.5. The molecule has 0 bridgehead atoms. The van der Waals surface area contributed by atoms with Crippen molar-refractivity contribution >= 4 is 23.9 Å². The molecule has 0 aromatic carbocycles. The van der Waals surface area contributed by atoms with Gasteiger partial charge in [0.25, 0.3) is 0 Å². The molecule has 10 heteroatoms. The van der Waals surface area contributed by atoms with Crippen LogP contribution in [-0.2, 0) is 38.1 Å². The van der Waals surface area contributed by atoms with Crippen LogP contribution in [0.25, 0.3) is 0 Å². The first kappa shape index (κ1) is 45.8. The van der Waals surface area contributed by atoms with Gasteiger partial charge in [0, 0.05) is 18.3 Å². The Bertz CT molecular complexity index is 1560. The molecular weight excluding hydrogens is 737 g/mol. The largest absolute Gasteiger partial charge is 0.462 e. The third-order valence-electron chi connectivity index (χ3n) is 13.9. The number of fused-ring (bicyclic) bond motifs is 2. The van der Waals surface area contributed by atoms with E-state index < -0.39 is 36.4 Å². The molecule has 1 heterocycles. The van der Waals surface area contributed by atoms with Crippen molar-refractivity contribution in [2.45, 2.75) is 169 Å². The second-order valence-corrected chi connectivity index (χ2v) is 18.7. The monoisotopic (exact) mass is 809 g/mol. The standard InChI is InChI=1S/C48H72O10/c1-9-29(5)47(53)57-41-21-27(3)19-33-13-11-31(7)39(45(33)41)17-15-35(49)23-36(50)24-43(51)56-38-25-37(55-44(52)26-38)16-18-40-32(8)12-14-34-20-28(4)22-42(46(34)40)58-48(54)30(6)10-2/h11-14,19-20,27-32,35-42,45-46,49-50H,9-10,15-18,21-26H2,1-8H3/t27-,28-,29-,30-,31-,32-,35+,36+,37+,38+,39-,40-,41-,42-,45-,46+/m0/s1. The van der Waals surface area contributed by atoms with E-state index in [1.807, 2.05) is 27.7 Å². The van der Waals surface area contributed by atoms with Crippen molar-refractivity contribution in [2.75, 3.05) is 0 Å². The van der Waals surface area contributed by atoms with Gasteiger partial charge in [0.2, 0.25) is 0 Å². The number of rotatable bonds is 17. The molecule has 10 nitrogen and oxygen atoms in total. The zero-order chi connectivity index (χ0) is 42.3. The van der Waals surface area contributed by atoms with Gasteiger partial charge in [-0.05, 0) is 104 Å². The molecule has 0 radical (unpaired) electrons. The molecule has 0 unspecified atom stereocenters. The molecule has 0 aromatic rings. The van der Waals surface area contributed by atoms with Gasteiger partial charge in [-0.2, -0.15) is 0 Å². The number of allylic oxidation sites excluding steroid dienone is 6. The first-order chi connectivity index (χ1) is 27.6. The van der Waals surface area contributed by atoms with Gasteiger partial charge in [-0.1, -0.05) is 91.8 Å². The zero-order valence-corrected chi connectivity index (χ0v) is 36.3. The molecule has 324 valence electrons. The van der Waals surface area contributed by atoms with Crippen LogP contribution in [0.15, 0.2) is 47.6 Å². The number of hydrogen-bond donors (Lipinski definition) is 2. The SMILES string of the molecule is CC[C@H](C)C(=O)O[C@H]1C[C@@H](C)C=C2C=C[C@H](C)[C@H](CC[C@@H]3C[C@@H](OC(=O)C[C@H](O)C[C@H](O)CC[C@@H]4[C@@H]5C(=C[C@H](C)C[C@@H]5OC(=O)[C@@H](C)CC)C=C[C@@H]4C)CC(=O)O3)[C@@H]21. The normalized spacial score (nSPS) is 35.2. The fraction of sp³-hybridized carbons (Fsp3) is 0.750. The first-order valence-corrected chi connectivity index (χ1v) is 22.5. The highest BCUT2D eigenvalue weighted by atomic mass is 16.6. The molecule has 16 atom stereocenters. The minimum atomic E-state index is -1.10. The molecule has 5 rings (SSSR count). The Hall–Kier alpha value is -3.24. The van der Waals surface area contributed by atoms with E-state index in [-0.39, 0.29) is 90.8 Å². The number of hydrogen-bond acceptors (Lipinski definition) is 10. The molecule has 1 fully saturated rings. The molecule has 2 N–H and O–H groups in total. The van der Waals surface area contributed by atoms with E-state index in [1.165, 1.54) is 11.1 Å². The summed E-state index contributed by atoms with van der Waals surface area (Å²) < 4.78 is 23.8. The summed E-state index contributed by atoms with van der Waals surface area (Å²) in [5.74, 6) is -0.125. The second-order valence-electron chi connectivity index (χ2n) is 18.7. The van der Waals surface area contributed by atoms with Crippen molar-refractivity contribution < 1.29 is 48.3 Å². The van der Waals surface area contributed by atoms with Crippen molar-refractivity contribution in [3.63, 3.8) is 0 Å². The van der Waals surface area contributed by atoms with Gasteiger partial charge in [0.05, 0.1) is 36.9 Å². The highest BCUT2D eigenvalue weighted by Gasteiger charge is 2.44. The number of carbonyl (C=O) groups is 4. The highest BCUT2D eigenvalue weighted by molar-refractivity contribution is 5.74. The Morgan fingerprint density at radius 2 is 1.26 bits per heavy atom. The Morgan fingerprint density at radius 1 is 0.741 bits per heavy atom. The Balaban J connectivity index is 1.10. The topological polar surface area (TPSA) is 146 Å². The molecule has 0 amide bonds. The van der Waals surface area contributed by atoms with E-state index in [0.717, 1.165) is 32.1 Å². The summed E-state index contributed by atoms with van der Waals surface area (Å²) >= 11 is 0. The van der Waals surface area contributed by atoms with Crippen LogP contribution in [0.1, 0.15) is 132 Å². The highest BCUT2D eigenvalue weighted by Crippen LogP contribution is 2.47. The van der Waals surface area contributed by atoms with Crippen LogP contribution in [-0.4, -0.2) is 70.7 Å².